The average molecular weight is 407 g/mol. The molecule has 0 aromatic carbocycles. The molecule has 0 radical (unpaired) electrons. The van der Waals surface area contributed by atoms with Crippen molar-refractivity contribution in [1.82, 2.24) is 15.2 Å². The third-order valence-electron chi connectivity index (χ3n) is 5.86. The summed E-state index contributed by atoms with van der Waals surface area (Å²) in [5.41, 5.74) is 4.55. The number of hydrogen-bond acceptors (Lipinski definition) is 5. The van der Waals surface area contributed by atoms with Crippen LogP contribution in [-0.2, 0) is 16.1 Å². The molecule has 148 valence electrons. The zero-order chi connectivity index (χ0) is 19.8. The van der Waals surface area contributed by atoms with Gasteiger partial charge in [-0.15, -0.1) is 0 Å². The maximum absolute atomic E-state index is 12.7. The third-order valence-corrected chi connectivity index (χ3v) is 6.54. The number of carbonyl (C=O) groups excluding carboxylic acids is 2. The van der Waals surface area contributed by atoms with E-state index in [-0.39, 0.29) is 18.4 Å². The first-order valence-electron chi connectivity index (χ1n) is 9.85. The lowest BCUT2D eigenvalue weighted by Crippen LogP contribution is -2.27. The fourth-order valence-corrected chi connectivity index (χ4v) is 5.06. The monoisotopic (exact) mass is 406 g/mol. The van der Waals surface area contributed by atoms with Crippen molar-refractivity contribution in [2.24, 2.45) is 11.8 Å². The Morgan fingerprint density at radius 3 is 3.07 bits per heavy atom. The first kappa shape index (κ1) is 18.3. The van der Waals surface area contributed by atoms with Crippen LogP contribution in [0.4, 0.5) is 5.82 Å². The molecule has 2 N–H and O–H groups in total. The minimum atomic E-state index is -0.0921. The zero-order valence-electron chi connectivity index (χ0n) is 15.9. The summed E-state index contributed by atoms with van der Waals surface area (Å²) in [7, 11) is 0. The molecule has 2 unspecified atom stereocenters. The van der Waals surface area contributed by atoms with E-state index in [1.165, 1.54) is 11.1 Å². The number of likely N-dealkylation sites (tertiary alicyclic amines) is 1. The summed E-state index contributed by atoms with van der Waals surface area (Å²) < 4.78 is 0. The Labute approximate surface area is 173 Å². The van der Waals surface area contributed by atoms with E-state index in [2.05, 4.69) is 38.5 Å². The van der Waals surface area contributed by atoms with Crippen LogP contribution in [0.1, 0.15) is 23.1 Å². The number of thiophene rings is 1. The predicted octanol–water partition coefficient (Wildman–Crippen LogP) is 2.76. The summed E-state index contributed by atoms with van der Waals surface area (Å²) in [4.78, 5) is 30.5. The summed E-state index contributed by atoms with van der Waals surface area (Å²) in [6.07, 6.45) is 8.55. The molecule has 2 aliphatic heterocycles. The molecule has 6 nitrogen and oxygen atoms in total. The van der Waals surface area contributed by atoms with Gasteiger partial charge in [-0.25, -0.2) is 4.98 Å². The van der Waals surface area contributed by atoms with Gasteiger partial charge in [-0.3, -0.25) is 9.59 Å². The Morgan fingerprint density at radius 2 is 2.24 bits per heavy atom. The molecule has 5 rings (SSSR count). The molecular weight excluding hydrogens is 384 g/mol. The highest BCUT2D eigenvalue weighted by Gasteiger charge is 2.37. The number of pyridine rings is 1. The Hall–Kier alpha value is -2.77. The number of amides is 2. The van der Waals surface area contributed by atoms with Gasteiger partial charge < -0.3 is 15.5 Å². The molecule has 1 saturated heterocycles. The molecule has 0 bridgehead atoms. The number of carbonyl (C=O) groups is 2. The number of nitrogens with zero attached hydrogens (tertiary/aromatic N) is 2. The molecule has 3 aliphatic rings. The molecular formula is C22H22N4O2S. The molecule has 29 heavy (non-hydrogen) atoms. The Bertz CT molecular complexity index is 1010. The largest absolute Gasteiger partial charge is 0.338 e. The van der Waals surface area contributed by atoms with E-state index in [4.69, 9.17) is 0 Å². The van der Waals surface area contributed by atoms with Crippen molar-refractivity contribution in [3.63, 3.8) is 0 Å². The van der Waals surface area contributed by atoms with Crippen LogP contribution in [0, 0.1) is 11.8 Å². The van der Waals surface area contributed by atoms with E-state index in [1.54, 1.807) is 23.6 Å². The number of anilines is 1. The van der Waals surface area contributed by atoms with Crippen LogP contribution in [0.15, 0.2) is 41.2 Å². The quantitative estimate of drug-likeness (QED) is 0.769. The second-order valence-electron chi connectivity index (χ2n) is 7.84. The second-order valence-corrected chi connectivity index (χ2v) is 8.62. The molecule has 0 spiro atoms. The van der Waals surface area contributed by atoms with Crippen LogP contribution in [0.3, 0.4) is 0 Å². The molecule has 2 aromatic heterocycles. The molecule has 2 atom stereocenters. The normalized spacial score (nSPS) is 23.5. The zero-order valence-corrected chi connectivity index (χ0v) is 16.7. The van der Waals surface area contributed by atoms with Crippen LogP contribution in [0.5, 0.6) is 0 Å². The first-order chi connectivity index (χ1) is 14.2. The van der Waals surface area contributed by atoms with E-state index in [9.17, 15) is 9.59 Å². The average Bonchev–Trinajstić information content (AvgIpc) is 3.41. The topological polar surface area (TPSA) is 74.3 Å². The fourth-order valence-electron chi connectivity index (χ4n) is 4.38. The van der Waals surface area contributed by atoms with Gasteiger partial charge in [-0.1, -0.05) is 6.08 Å². The van der Waals surface area contributed by atoms with Gasteiger partial charge in [0.15, 0.2) is 0 Å². The molecule has 7 heteroatoms. The summed E-state index contributed by atoms with van der Waals surface area (Å²) in [5, 5.41) is 10.2. The lowest BCUT2D eigenvalue weighted by molar-refractivity contribution is -0.125. The van der Waals surface area contributed by atoms with Gasteiger partial charge in [0.1, 0.15) is 5.82 Å². The minimum Gasteiger partial charge on any atom is -0.338 e. The van der Waals surface area contributed by atoms with Crippen molar-refractivity contribution in [2.45, 2.75) is 13.0 Å². The van der Waals surface area contributed by atoms with Crippen molar-refractivity contribution in [3.05, 3.63) is 57.9 Å². The number of aromatic nitrogens is 1. The van der Waals surface area contributed by atoms with E-state index in [0.29, 0.717) is 24.2 Å². The van der Waals surface area contributed by atoms with Crippen molar-refractivity contribution in [3.8, 4) is 0 Å². The number of hydrogen-bond donors (Lipinski definition) is 2. The van der Waals surface area contributed by atoms with Crippen molar-refractivity contribution < 1.29 is 9.59 Å². The van der Waals surface area contributed by atoms with Crippen LogP contribution >= 0.6 is 11.3 Å². The summed E-state index contributed by atoms with van der Waals surface area (Å²) in [6.45, 7) is 2.46. The fraction of sp³-hybridized carbons (Fsp3) is 0.318. The highest BCUT2D eigenvalue weighted by atomic mass is 32.1. The van der Waals surface area contributed by atoms with Crippen molar-refractivity contribution in [1.29, 1.82) is 0 Å². The number of rotatable bonds is 3. The van der Waals surface area contributed by atoms with Gasteiger partial charge in [0, 0.05) is 37.5 Å². The predicted molar refractivity (Wildman–Crippen MR) is 114 cm³/mol. The summed E-state index contributed by atoms with van der Waals surface area (Å²) in [5.74, 6) is 1.54. The van der Waals surface area contributed by atoms with Gasteiger partial charge in [0.05, 0.1) is 6.54 Å². The third kappa shape index (κ3) is 3.75. The van der Waals surface area contributed by atoms with Crippen LogP contribution < -0.4 is 10.6 Å². The second kappa shape index (κ2) is 7.57. The summed E-state index contributed by atoms with van der Waals surface area (Å²) >= 11 is 1.73. The van der Waals surface area contributed by atoms with Gasteiger partial charge in [0.25, 0.3) is 0 Å². The SMILES string of the molecule is O=C1CNCc2cc(/C=C/C(=O)N3CC4C=C(c5ccsc5)CC4C3)cnc2N1. The van der Waals surface area contributed by atoms with Gasteiger partial charge in [-0.2, -0.15) is 11.3 Å². The highest BCUT2D eigenvalue weighted by Crippen LogP contribution is 2.41. The standard InChI is InChI=1S/C22H22N4O2S/c27-20-10-23-9-17-5-14(8-24-22(17)25-20)1-2-21(28)26-11-18-6-16(7-19(18)12-26)15-3-4-29-13-15/h1-6,8,13,18-19,23H,7,9-12H2,(H,24,25,27)/b2-1+. The summed E-state index contributed by atoms with van der Waals surface area (Å²) in [6, 6.07) is 4.14. The Kier molecular flexibility index (Phi) is 4.77. The van der Waals surface area contributed by atoms with Gasteiger partial charge >= 0.3 is 0 Å². The minimum absolute atomic E-state index is 0.0475. The van der Waals surface area contributed by atoms with Crippen LogP contribution in [0.25, 0.3) is 11.6 Å². The molecule has 2 amide bonds. The van der Waals surface area contributed by atoms with Gasteiger partial charge in [-0.05, 0) is 63.9 Å². The highest BCUT2D eigenvalue weighted by molar-refractivity contribution is 7.08. The lowest BCUT2D eigenvalue weighted by Gasteiger charge is -2.15. The van der Waals surface area contributed by atoms with Gasteiger partial charge in [0.2, 0.25) is 11.8 Å². The number of fused-ring (bicyclic) bond motifs is 2. The van der Waals surface area contributed by atoms with Crippen LogP contribution in [-0.4, -0.2) is 41.3 Å². The van der Waals surface area contributed by atoms with Crippen molar-refractivity contribution >= 4 is 40.6 Å². The molecule has 0 saturated carbocycles. The lowest BCUT2D eigenvalue weighted by atomic mass is 9.99. The molecule has 1 fully saturated rings. The Balaban J connectivity index is 1.23. The number of nitrogens with one attached hydrogen (secondary N) is 2. The van der Waals surface area contributed by atoms with E-state index < -0.39 is 0 Å². The molecule has 4 heterocycles. The maximum atomic E-state index is 12.7. The molecule has 1 aliphatic carbocycles. The molecule has 2 aromatic rings. The maximum Gasteiger partial charge on any atom is 0.246 e. The van der Waals surface area contributed by atoms with E-state index in [1.807, 2.05) is 17.0 Å². The van der Waals surface area contributed by atoms with Crippen LogP contribution in [0.2, 0.25) is 0 Å². The van der Waals surface area contributed by atoms with Crippen molar-refractivity contribution in [2.75, 3.05) is 25.0 Å². The number of allylic oxidation sites excluding steroid dienone is 1. The smallest absolute Gasteiger partial charge is 0.246 e. The Morgan fingerprint density at radius 1 is 1.31 bits per heavy atom. The van der Waals surface area contributed by atoms with E-state index >= 15 is 0 Å². The first-order valence-corrected chi connectivity index (χ1v) is 10.8. The van der Waals surface area contributed by atoms with E-state index in [0.717, 1.165) is 30.6 Å².